The van der Waals surface area contributed by atoms with Gasteiger partial charge in [-0.3, -0.25) is 0 Å². The highest BCUT2D eigenvalue weighted by molar-refractivity contribution is 9.10. The Morgan fingerprint density at radius 2 is 1.10 bits per heavy atom. The van der Waals surface area contributed by atoms with E-state index in [1.807, 2.05) is 48.5 Å². The predicted octanol–water partition coefficient (Wildman–Crippen LogP) is 9.25. The van der Waals surface area contributed by atoms with Crippen molar-refractivity contribution in [3.63, 3.8) is 0 Å². The highest BCUT2D eigenvalue weighted by atomic mass is 79.9. The second-order valence-corrected chi connectivity index (χ2v) is 13.0. The van der Waals surface area contributed by atoms with Gasteiger partial charge in [-0.1, -0.05) is 44.0 Å². The summed E-state index contributed by atoms with van der Waals surface area (Å²) in [5.74, 6) is 2.30. The number of hydrogen-bond donors (Lipinski definition) is 0. The first-order valence-corrected chi connectivity index (χ1v) is 16.5. The molecule has 48 heavy (non-hydrogen) atoms. The minimum atomic E-state index is -4.52. The standard InChI is InChI=1S/C36H28BBr2F2N3O4/c1-45-27-13-23(14-28(17-27)46-2)31-19-33(21-5-9-25(38)10-6-21)43-35(31)42-36-32(24-15-29(47-3)18-30(16-24)48-4)20-34(44(36)37(43,40)41)22-7-11-26(39)12-8-22/h5-20H,1-4H3. The number of benzene rings is 4. The number of rotatable bonds is 8. The summed E-state index contributed by atoms with van der Waals surface area (Å²) in [5.41, 5.74) is 4.07. The van der Waals surface area contributed by atoms with Gasteiger partial charge in [0.15, 0.2) is 0 Å². The van der Waals surface area contributed by atoms with E-state index in [2.05, 4.69) is 31.9 Å². The number of amidine groups is 1. The Morgan fingerprint density at radius 3 is 1.60 bits per heavy atom. The van der Waals surface area contributed by atoms with Crippen molar-refractivity contribution in [2.45, 2.75) is 0 Å². The van der Waals surface area contributed by atoms with Gasteiger partial charge in [-0.05, 0) is 94.5 Å². The molecule has 0 saturated carbocycles. The van der Waals surface area contributed by atoms with Gasteiger partial charge in [0.25, 0.3) is 5.84 Å². The van der Waals surface area contributed by atoms with Crippen molar-refractivity contribution in [1.29, 1.82) is 0 Å². The van der Waals surface area contributed by atoms with Crippen molar-refractivity contribution in [2.75, 3.05) is 28.4 Å². The number of methoxy groups -OCH3 is 4. The highest BCUT2D eigenvalue weighted by Gasteiger charge is 2.53. The van der Waals surface area contributed by atoms with Crippen LogP contribution in [0.3, 0.4) is 0 Å². The van der Waals surface area contributed by atoms with Crippen LogP contribution in [0.25, 0.3) is 28.0 Å². The maximum Gasteiger partial charge on any atom is 0.642 e. The summed E-state index contributed by atoms with van der Waals surface area (Å²) in [6.45, 7) is -4.52. The number of nitrogens with zero attached hydrogens (tertiary/aromatic N) is 3. The summed E-state index contributed by atoms with van der Waals surface area (Å²) in [5, 5.41) is 0. The number of aromatic nitrogens is 1. The van der Waals surface area contributed by atoms with Gasteiger partial charge < -0.3 is 36.5 Å². The van der Waals surface area contributed by atoms with Crippen LogP contribution in [0.2, 0.25) is 0 Å². The molecule has 0 fully saturated rings. The van der Waals surface area contributed by atoms with Crippen LogP contribution in [0.15, 0.2) is 111 Å². The van der Waals surface area contributed by atoms with Crippen LogP contribution in [-0.2, 0) is 0 Å². The summed E-state index contributed by atoms with van der Waals surface area (Å²) in [4.78, 5) is 5.09. The molecule has 242 valence electrons. The SMILES string of the molecule is COc1cc(OC)cc(C2=CC(c3ccc(Br)cc3)=[N+]3C2=Nc2c(-c4cc(OC)cc(OC)c4)cc(-c4ccc(Br)cc4)n2[B-]3(F)F)c1. The molecule has 0 bridgehead atoms. The highest BCUT2D eigenvalue weighted by Crippen LogP contribution is 2.47. The molecule has 1 aromatic heterocycles. The number of hydrogen-bond acceptors (Lipinski definition) is 5. The molecule has 0 atom stereocenters. The molecule has 7 nitrogen and oxygen atoms in total. The van der Waals surface area contributed by atoms with Gasteiger partial charge in [0.05, 0.1) is 39.7 Å². The number of fused-ring (bicyclic) bond motifs is 2. The summed E-state index contributed by atoms with van der Waals surface area (Å²) >= 11 is 6.95. The average molecular weight is 775 g/mol. The van der Waals surface area contributed by atoms with Gasteiger partial charge in [0.1, 0.15) is 23.0 Å². The summed E-state index contributed by atoms with van der Waals surface area (Å²) < 4.78 is 61.4. The minimum absolute atomic E-state index is 0.109. The fourth-order valence-corrected chi connectivity index (χ4v) is 6.67. The topological polar surface area (TPSA) is 57.2 Å². The van der Waals surface area contributed by atoms with Gasteiger partial charge in [-0.25, -0.2) is 0 Å². The first-order valence-electron chi connectivity index (χ1n) is 14.9. The zero-order valence-corrected chi connectivity index (χ0v) is 29.5. The Balaban J connectivity index is 1.56. The normalized spacial score (nSPS) is 14.6. The van der Waals surface area contributed by atoms with Crippen LogP contribution >= 0.6 is 31.9 Å². The molecular weight excluding hydrogens is 747 g/mol. The summed E-state index contributed by atoms with van der Waals surface area (Å²) in [7, 11) is 6.20. The number of halogens is 4. The summed E-state index contributed by atoms with van der Waals surface area (Å²) in [6, 6.07) is 27.0. The van der Waals surface area contributed by atoms with Crippen LogP contribution in [0, 0.1) is 0 Å². The number of allylic oxidation sites excluding steroid dienone is 1. The molecule has 2 aliphatic heterocycles. The van der Waals surface area contributed by atoms with E-state index in [9.17, 15) is 0 Å². The third-order valence-electron chi connectivity index (χ3n) is 8.46. The quantitative estimate of drug-likeness (QED) is 0.148. The molecule has 2 aliphatic rings. The minimum Gasteiger partial charge on any atom is -0.497 e. The van der Waals surface area contributed by atoms with E-state index in [0.29, 0.717) is 67.8 Å². The van der Waals surface area contributed by atoms with Crippen LogP contribution in [-0.4, -0.2) is 55.9 Å². The smallest absolute Gasteiger partial charge is 0.497 e. The fourth-order valence-electron chi connectivity index (χ4n) is 6.14. The zero-order valence-electron chi connectivity index (χ0n) is 26.3. The molecule has 7 rings (SSSR count). The lowest BCUT2D eigenvalue weighted by Crippen LogP contribution is -2.53. The second kappa shape index (κ2) is 12.4. The third kappa shape index (κ3) is 5.42. The molecule has 5 aromatic rings. The largest absolute Gasteiger partial charge is 0.642 e. The van der Waals surface area contributed by atoms with Gasteiger partial charge in [-0.2, -0.15) is 0 Å². The van der Waals surface area contributed by atoms with Crippen molar-refractivity contribution in [2.24, 2.45) is 4.99 Å². The Kier molecular flexibility index (Phi) is 8.25. The van der Waals surface area contributed by atoms with E-state index < -0.39 is 6.97 Å². The van der Waals surface area contributed by atoms with Crippen LogP contribution in [0.1, 0.15) is 11.1 Å². The van der Waals surface area contributed by atoms with E-state index in [0.717, 1.165) is 17.9 Å². The molecule has 0 unspecified atom stereocenters. The van der Waals surface area contributed by atoms with Crippen LogP contribution in [0.4, 0.5) is 14.4 Å². The molecular formula is C36H28BBr2F2N3O4. The van der Waals surface area contributed by atoms with Crippen LogP contribution < -0.4 is 18.9 Å². The van der Waals surface area contributed by atoms with E-state index in [1.165, 1.54) is 0 Å². The molecule has 3 heterocycles. The first kappa shape index (κ1) is 31.9. The third-order valence-corrected chi connectivity index (χ3v) is 9.51. The average Bonchev–Trinajstić information content (AvgIpc) is 3.69. The van der Waals surface area contributed by atoms with Crippen LogP contribution in [0.5, 0.6) is 23.0 Å². The van der Waals surface area contributed by atoms with Gasteiger partial charge in [0.2, 0.25) is 5.82 Å². The lowest BCUT2D eigenvalue weighted by atomic mass is 9.90. The molecule has 4 aromatic carbocycles. The number of aliphatic imine (C=N–C) groups is 1. The van der Waals surface area contributed by atoms with Crippen molar-refractivity contribution in [1.82, 2.24) is 4.48 Å². The van der Waals surface area contributed by atoms with Crippen molar-refractivity contribution < 1.29 is 32.1 Å². The molecule has 0 spiro atoms. The van der Waals surface area contributed by atoms with Crippen molar-refractivity contribution >= 4 is 61.8 Å². The maximum atomic E-state index is 17.7. The monoisotopic (exact) mass is 773 g/mol. The first-order chi connectivity index (χ1) is 23.1. The Hall–Kier alpha value is -4.68. The predicted molar refractivity (Wildman–Crippen MR) is 193 cm³/mol. The Bertz CT molecular complexity index is 2130. The number of ether oxygens (including phenoxy) is 4. The lowest BCUT2D eigenvalue weighted by molar-refractivity contribution is -0.291. The van der Waals surface area contributed by atoms with E-state index >= 15 is 8.63 Å². The second-order valence-electron chi connectivity index (χ2n) is 11.2. The van der Waals surface area contributed by atoms with Gasteiger partial charge in [-0.15, -0.1) is 0 Å². The lowest BCUT2D eigenvalue weighted by Gasteiger charge is -2.32. The summed E-state index contributed by atoms with van der Waals surface area (Å²) in [6.07, 6.45) is 1.76. The Labute approximate surface area is 293 Å². The molecule has 0 radical (unpaired) electrons. The van der Waals surface area contributed by atoms with E-state index in [-0.39, 0.29) is 11.7 Å². The van der Waals surface area contributed by atoms with Crippen molar-refractivity contribution in [3.05, 3.63) is 117 Å². The van der Waals surface area contributed by atoms with E-state index in [1.54, 1.807) is 77.0 Å². The fraction of sp³-hybridized carbons (Fsp3) is 0.111. The molecule has 0 N–H and O–H groups in total. The molecule has 0 amide bonds. The molecule has 12 heteroatoms. The van der Waals surface area contributed by atoms with Gasteiger partial charge in [0, 0.05) is 37.9 Å². The van der Waals surface area contributed by atoms with E-state index in [4.69, 9.17) is 23.9 Å². The van der Waals surface area contributed by atoms with Crippen molar-refractivity contribution in [3.8, 4) is 45.4 Å². The Morgan fingerprint density at radius 1 is 0.625 bits per heavy atom. The molecule has 0 aliphatic carbocycles. The zero-order chi connectivity index (χ0) is 33.7. The van der Waals surface area contributed by atoms with Gasteiger partial charge >= 0.3 is 6.97 Å². The molecule has 0 saturated heterocycles. The maximum absolute atomic E-state index is 17.7.